The SMILES string of the molecule is COC(=O)/C=C/c1cc(OC)c(OC)c(S(=O)(=O)N2CCn3cccc3C2C)c1. The van der Waals surface area contributed by atoms with Gasteiger partial charge in [0.15, 0.2) is 11.5 Å². The van der Waals surface area contributed by atoms with E-state index < -0.39 is 16.0 Å². The van der Waals surface area contributed by atoms with Gasteiger partial charge in [0, 0.05) is 31.1 Å². The van der Waals surface area contributed by atoms with Crippen LogP contribution in [-0.2, 0) is 26.1 Å². The van der Waals surface area contributed by atoms with Crippen LogP contribution in [0.3, 0.4) is 0 Å². The van der Waals surface area contributed by atoms with Crippen LogP contribution in [0.4, 0.5) is 0 Å². The zero-order valence-corrected chi connectivity index (χ0v) is 17.6. The average Bonchev–Trinajstić information content (AvgIpc) is 3.20. The Hall–Kier alpha value is -2.78. The Morgan fingerprint density at radius 2 is 1.93 bits per heavy atom. The molecule has 1 aliphatic heterocycles. The Balaban J connectivity index is 2.10. The van der Waals surface area contributed by atoms with Gasteiger partial charge in [-0.3, -0.25) is 0 Å². The predicted octanol–water partition coefficient (Wildman–Crippen LogP) is 2.46. The molecule has 0 fully saturated rings. The second-order valence-corrected chi connectivity index (χ2v) is 8.39. The Kier molecular flexibility index (Phi) is 5.99. The summed E-state index contributed by atoms with van der Waals surface area (Å²) in [5.74, 6) is -0.170. The highest BCUT2D eigenvalue weighted by atomic mass is 32.2. The first-order valence-electron chi connectivity index (χ1n) is 9.02. The van der Waals surface area contributed by atoms with Gasteiger partial charge in [-0.1, -0.05) is 0 Å². The normalized spacial score (nSPS) is 17.2. The van der Waals surface area contributed by atoms with E-state index in [0.29, 0.717) is 18.7 Å². The third-order valence-corrected chi connectivity index (χ3v) is 6.93. The van der Waals surface area contributed by atoms with Gasteiger partial charge in [0.05, 0.1) is 27.4 Å². The number of sulfonamides is 1. The molecule has 0 aliphatic carbocycles. The van der Waals surface area contributed by atoms with E-state index in [-0.39, 0.29) is 22.4 Å². The molecule has 9 heteroatoms. The smallest absolute Gasteiger partial charge is 0.330 e. The number of aromatic nitrogens is 1. The highest BCUT2D eigenvalue weighted by Gasteiger charge is 2.36. The molecule has 1 aromatic heterocycles. The van der Waals surface area contributed by atoms with Crippen LogP contribution in [-0.4, -0.2) is 51.1 Å². The molecule has 2 heterocycles. The number of rotatable bonds is 6. The number of fused-ring (bicyclic) bond motifs is 1. The first-order chi connectivity index (χ1) is 13.8. The molecular weight excluding hydrogens is 396 g/mol. The number of esters is 1. The minimum Gasteiger partial charge on any atom is -0.493 e. The number of methoxy groups -OCH3 is 3. The summed E-state index contributed by atoms with van der Waals surface area (Å²) in [6.07, 6.45) is 4.63. The van der Waals surface area contributed by atoms with Crippen LogP contribution in [0, 0.1) is 0 Å². The lowest BCUT2D eigenvalue weighted by Crippen LogP contribution is -2.40. The molecule has 8 nitrogen and oxygen atoms in total. The molecule has 3 rings (SSSR count). The molecular formula is C20H24N2O6S. The monoisotopic (exact) mass is 420 g/mol. The van der Waals surface area contributed by atoms with Crippen molar-refractivity contribution in [2.45, 2.75) is 24.4 Å². The first kappa shape index (κ1) is 20.9. The number of carbonyl (C=O) groups excluding carboxylic acids is 1. The standard InChI is InChI=1S/C20H24N2O6S/c1-14-16-6-5-9-21(16)10-11-22(14)29(24,25)18-13-15(7-8-19(23)27-3)12-17(26-2)20(18)28-4/h5-9,12-14H,10-11H2,1-4H3/b8-7+. The summed E-state index contributed by atoms with van der Waals surface area (Å²) in [6, 6.07) is 6.55. The van der Waals surface area contributed by atoms with E-state index in [1.807, 2.05) is 29.8 Å². The largest absolute Gasteiger partial charge is 0.493 e. The van der Waals surface area contributed by atoms with Crippen LogP contribution < -0.4 is 9.47 Å². The summed E-state index contributed by atoms with van der Waals surface area (Å²) < 4.78 is 46.0. The minimum atomic E-state index is -3.91. The van der Waals surface area contributed by atoms with Gasteiger partial charge in [-0.2, -0.15) is 4.31 Å². The maximum Gasteiger partial charge on any atom is 0.330 e. The molecule has 2 aromatic rings. The molecule has 0 saturated carbocycles. The maximum atomic E-state index is 13.6. The molecule has 29 heavy (non-hydrogen) atoms. The summed E-state index contributed by atoms with van der Waals surface area (Å²) in [7, 11) is 0.183. The second kappa shape index (κ2) is 8.30. The van der Waals surface area contributed by atoms with Gasteiger partial charge < -0.3 is 18.8 Å². The fraction of sp³-hybridized carbons (Fsp3) is 0.350. The van der Waals surface area contributed by atoms with Gasteiger partial charge in [-0.05, 0) is 42.8 Å². The van der Waals surface area contributed by atoms with E-state index in [1.165, 1.54) is 43.9 Å². The Labute approximate surface area is 170 Å². The van der Waals surface area contributed by atoms with Gasteiger partial charge in [-0.15, -0.1) is 0 Å². The molecule has 1 aliphatic rings. The number of ether oxygens (including phenoxy) is 3. The fourth-order valence-corrected chi connectivity index (χ4v) is 5.28. The average molecular weight is 420 g/mol. The van der Waals surface area contributed by atoms with Crippen molar-refractivity contribution in [2.75, 3.05) is 27.9 Å². The highest BCUT2D eigenvalue weighted by Crippen LogP contribution is 2.40. The summed E-state index contributed by atoms with van der Waals surface area (Å²) in [5, 5.41) is 0. The van der Waals surface area contributed by atoms with E-state index >= 15 is 0 Å². The Bertz CT molecular complexity index is 1040. The second-order valence-electron chi connectivity index (χ2n) is 6.53. The maximum absolute atomic E-state index is 13.6. The van der Waals surface area contributed by atoms with Crippen molar-refractivity contribution in [1.82, 2.24) is 8.87 Å². The lowest BCUT2D eigenvalue weighted by atomic mass is 10.2. The molecule has 1 atom stereocenters. The Morgan fingerprint density at radius 1 is 1.17 bits per heavy atom. The van der Waals surface area contributed by atoms with Crippen molar-refractivity contribution in [3.8, 4) is 11.5 Å². The van der Waals surface area contributed by atoms with Gasteiger partial charge in [0.2, 0.25) is 10.0 Å². The molecule has 0 saturated heterocycles. The lowest BCUT2D eigenvalue weighted by Gasteiger charge is -2.34. The minimum absolute atomic E-state index is 0.0179. The van der Waals surface area contributed by atoms with Crippen LogP contribution >= 0.6 is 0 Å². The quantitative estimate of drug-likeness (QED) is 0.527. The van der Waals surface area contributed by atoms with E-state index in [2.05, 4.69) is 4.74 Å². The number of nitrogens with zero attached hydrogens (tertiary/aromatic N) is 2. The van der Waals surface area contributed by atoms with Crippen molar-refractivity contribution < 1.29 is 27.4 Å². The fourth-order valence-electron chi connectivity index (χ4n) is 3.48. The predicted molar refractivity (Wildman–Crippen MR) is 107 cm³/mol. The van der Waals surface area contributed by atoms with Crippen molar-refractivity contribution in [1.29, 1.82) is 0 Å². The summed E-state index contributed by atoms with van der Waals surface area (Å²) >= 11 is 0. The number of hydrogen-bond donors (Lipinski definition) is 0. The van der Waals surface area contributed by atoms with Crippen LogP contribution in [0.25, 0.3) is 6.08 Å². The topological polar surface area (TPSA) is 87.1 Å². The third kappa shape index (κ3) is 3.88. The van der Waals surface area contributed by atoms with E-state index in [0.717, 1.165) is 5.69 Å². The Morgan fingerprint density at radius 3 is 2.59 bits per heavy atom. The molecule has 0 N–H and O–H groups in total. The summed E-state index contributed by atoms with van der Waals surface area (Å²) in [5.41, 5.74) is 1.40. The summed E-state index contributed by atoms with van der Waals surface area (Å²) in [6.45, 7) is 2.75. The third-order valence-electron chi connectivity index (χ3n) is 4.95. The van der Waals surface area contributed by atoms with Crippen LogP contribution in [0.1, 0.15) is 24.2 Å². The van der Waals surface area contributed by atoms with Gasteiger partial charge in [-0.25, -0.2) is 13.2 Å². The number of hydrogen-bond acceptors (Lipinski definition) is 6. The zero-order valence-electron chi connectivity index (χ0n) is 16.8. The molecule has 0 amide bonds. The van der Waals surface area contributed by atoms with Crippen molar-refractivity contribution in [2.24, 2.45) is 0 Å². The molecule has 0 radical (unpaired) electrons. The van der Waals surface area contributed by atoms with Crippen LogP contribution in [0.5, 0.6) is 11.5 Å². The van der Waals surface area contributed by atoms with Crippen molar-refractivity contribution in [3.05, 3.63) is 47.8 Å². The van der Waals surface area contributed by atoms with Crippen LogP contribution in [0.15, 0.2) is 41.4 Å². The molecule has 0 bridgehead atoms. The summed E-state index contributed by atoms with van der Waals surface area (Å²) in [4.78, 5) is 11.4. The van der Waals surface area contributed by atoms with Gasteiger partial charge in [0.1, 0.15) is 4.90 Å². The zero-order chi connectivity index (χ0) is 21.2. The van der Waals surface area contributed by atoms with Crippen molar-refractivity contribution in [3.63, 3.8) is 0 Å². The van der Waals surface area contributed by atoms with Gasteiger partial charge >= 0.3 is 5.97 Å². The number of carbonyl (C=O) groups is 1. The molecule has 1 unspecified atom stereocenters. The molecule has 0 spiro atoms. The van der Waals surface area contributed by atoms with Crippen LogP contribution in [0.2, 0.25) is 0 Å². The van der Waals surface area contributed by atoms with E-state index in [1.54, 1.807) is 6.07 Å². The van der Waals surface area contributed by atoms with Crippen molar-refractivity contribution >= 4 is 22.1 Å². The number of benzene rings is 1. The molecule has 1 aromatic carbocycles. The lowest BCUT2D eigenvalue weighted by molar-refractivity contribution is -0.134. The van der Waals surface area contributed by atoms with Gasteiger partial charge in [0.25, 0.3) is 0 Å². The molecule has 156 valence electrons. The van der Waals surface area contributed by atoms with E-state index in [4.69, 9.17) is 9.47 Å². The highest BCUT2D eigenvalue weighted by molar-refractivity contribution is 7.89. The first-order valence-corrected chi connectivity index (χ1v) is 10.5. The van der Waals surface area contributed by atoms with E-state index in [9.17, 15) is 13.2 Å².